The minimum absolute atomic E-state index is 0.0273. The second-order valence-electron chi connectivity index (χ2n) is 7.41. The zero-order valence-corrected chi connectivity index (χ0v) is 15.0. The molecule has 0 saturated heterocycles. The molecule has 0 aromatic heterocycles. The third-order valence-electron chi connectivity index (χ3n) is 5.67. The van der Waals surface area contributed by atoms with Crippen molar-refractivity contribution in [3.05, 3.63) is 35.4 Å². The molecule has 5 atom stereocenters. The van der Waals surface area contributed by atoms with Gasteiger partial charge in [-0.25, -0.2) is 4.79 Å². The first kappa shape index (κ1) is 20.6. The zero-order valence-electron chi connectivity index (χ0n) is 15.0. The summed E-state index contributed by atoms with van der Waals surface area (Å²) >= 11 is 0. The largest absolute Gasteiger partial charge is 0.479 e. The summed E-state index contributed by atoms with van der Waals surface area (Å²) in [7, 11) is 0. The summed E-state index contributed by atoms with van der Waals surface area (Å²) in [6.07, 6.45) is -4.29. The van der Waals surface area contributed by atoms with Crippen LogP contribution in [-0.4, -0.2) is 39.7 Å². The minimum atomic E-state index is -4.46. The minimum Gasteiger partial charge on any atom is -0.479 e. The number of fused-ring (bicyclic) bond motifs is 1. The maximum atomic E-state index is 12.8. The van der Waals surface area contributed by atoms with Gasteiger partial charge < -0.3 is 20.2 Å². The van der Waals surface area contributed by atoms with Crippen LogP contribution in [0.1, 0.15) is 42.9 Å². The predicted octanol–water partition coefficient (Wildman–Crippen LogP) is 2.99. The molecular weight excluding hydrogens is 379 g/mol. The molecule has 0 bridgehead atoms. The van der Waals surface area contributed by atoms with Gasteiger partial charge in [0.05, 0.1) is 23.5 Å². The second kappa shape index (κ2) is 8.08. The molecule has 1 aromatic carbocycles. The standard InChI is InChI=1S/C19H22F3NO5/c20-19(21,22)11-3-1-2-10(6-11)16(24)5-4-12-13-7-15(14(13)8-17(12)25)23-28-9-18(26)27/h1-3,6,12-14,16-17,24-25H,4-5,7-9H2,(H,26,27)/b23-15-. The lowest BCUT2D eigenvalue weighted by Crippen LogP contribution is -2.37. The number of carboxylic acid groups (broad SMARTS) is 1. The third kappa shape index (κ3) is 4.47. The van der Waals surface area contributed by atoms with Crippen molar-refractivity contribution in [2.45, 2.75) is 44.1 Å². The molecule has 1 aromatic rings. The maximum absolute atomic E-state index is 12.8. The van der Waals surface area contributed by atoms with Crippen LogP contribution in [-0.2, 0) is 15.8 Å². The third-order valence-corrected chi connectivity index (χ3v) is 5.67. The Morgan fingerprint density at radius 2 is 2.11 bits per heavy atom. The van der Waals surface area contributed by atoms with Gasteiger partial charge in [0.2, 0.25) is 6.61 Å². The Bertz CT molecular complexity index is 751. The molecule has 154 valence electrons. The monoisotopic (exact) mass is 401 g/mol. The van der Waals surface area contributed by atoms with Gasteiger partial charge in [-0.1, -0.05) is 17.3 Å². The van der Waals surface area contributed by atoms with Crippen molar-refractivity contribution in [3.63, 3.8) is 0 Å². The maximum Gasteiger partial charge on any atom is 0.416 e. The first-order valence-electron chi connectivity index (χ1n) is 9.10. The van der Waals surface area contributed by atoms with Gasteiger partial charge in [-0.3, -0.25) is 0 Å². The van der Waals surface area contributed by atoms with Crippen molar-refractivity contribution >= 4 is 11.7 Å². The van der Waals surface area contributed by atoms with E-state index in [0.29, 0.717) is 19.3 Å². The summed E-state index contributed by atoms with van der Waals surface area (Å²) in [6.45, 7) is -0.518. The fourth-order valence-electron chi connectivity index (χ4n) is 4.22. The summed E-state index contributed by atoms with van der Waals surface area (Å²) in [5.41, 5.74) is 0.134. The summed E-state index contributed by atoms with van der Waals surface area (Å²) in [5, 5.41) is 33.0. The van der Waals surface area contributed by atoms with E-state index in [-0.39, 0.29) is 29.7 Å². The number of aliphatic hydroxyl groups excluding tert-OH is 2. The molecule has 2 fully saturated rings. The molecule has 28 heavy (non-hydrogen) atoms. The van der Waals surface area contributed by atoms with E-state index in [0.717, 1.165) is 17.8 Å². The van der Waals surface area contributed by atoms with Crippen LogP contribution in [0.3, 0.4) is 0 Å². The average Bonchev–Trinajstić information content (AvgIpc) is 2.86. The number of alkyl halides is 3. The van der Waals surface area contributed by atoms with E-state index in [4.69, 9.17) is 9.94 Å². The highest BCUT2D eigenvalue weighted by Crippen LogP contribution is 2.51. The van der Waals surface area contributed by atoms with Crippen LogP contribution >= 0.6 is 0 Å². The fourth-order valence-corrected chi connectivity index (χ4v) is 4.22. The number of benzene rings is 1. The van der Waals surface area contributed by atoms with Gasteiger partial charge in [-0.05, 0) is 55.2 Å². The van der Waals surface area contributed by atoms with Gasteiger partial charge in [-0.15, -0.1) is 0 Å². The van der Waals surface area contributed by atoms with Crippen LogP contribution in [0.2, 0.25) is 0 Å². The van der Waals surface area contributed by atoms with Crippen molar-refractivity contribution in [2.75, 3.05) is 6.61 Å². The topological polar surface area (TPSA) is 99.4 Å². The van der Waals surface area contributed by atoms with E-state index in [1.165, 1.54) is 12.1 Å². The molecule has 0 heterocycles. The molecule has 6 nitrogen and oxygen atoms in total. The lowest BCUT2D eigenvalue weighted by molar-refractivity contribution is -0.142. The van der Waals surface area contributed by atoms with Gasteiger partial charge in [0, 0.05) is 5.92 Å². The van der Waals surface area contributed by atoms with Crippen molar-refractivity contribution in [2.24, 2.45) is 22.9 Å². The highest BCUT2D eigenvalue weighted by Gasteiger charge is 2.51. The number of nitrogens with zero attached hydrogens (tertiary/aromatic N) is 1. The normalized spacial score (nSPS) is 29.2. The van der Waals surface area contributed by atoms with Crippen molar-refractivity contribution in [3.8, 4) is 0 Å². The van der Waals surface area contributed by atoms with Gasteiger partial charge in [-0.2, -0.15) is 13.2 Å². The van der Waals surface area contributed by atoms with E-state index in [1.54, 1.807) is 0 Å². The van der Waals surface area contributed by atoms with Gasteiger partial charge in [0.1, 0.15) is 0 Å². The van der Waals surface area contributed by atoms with E-state index in [2.05, 4.69) is 5.16 Å². The molecule has 2 saturated carbocycles. The van der Waals surface area contributed by atoms with Crippen LogP contribution in [0.5, 0.6) is 0 Å². The summed E-state index contributed by atoms with van der Waals surface area (Å²) in [6, 6.07) is 4.64. The van der Waals surface area contributed by atoms with Crippen LogP contribution in [0.25, 0.3) is 0 Å². The van der Waals surface area contributed by atoms with Crippen LogP contribution < -0.4 is 0 Å². The molecule has 9 heteroatoms. The lowest BCUT2D eigenvalue weighted by Gasteiger charge is -2.35. The zero-order chi connectivity index (χ0) is 20.5. The Balaban J connectivity index is 1.55. The predicted molar refractivity (Wildman–Crippen MR) is 92.4 cm³/mol. The number of aliphatic carboxylic acids is 1. The first-order valence-corrected chi connectivity index (χ1v) is 9.10. The van der Waals surface area contributed by atoms with Gasteiger partial charge >= 0.3 is 12.1 Å². The molecule has 0 radical (unpaired) electrons. The molecule has 2 aliphatic rings. The van der Waals surface area contributed by atoms with Crippen molar-refractivity contribution < 1.29 is 38.1 Å². The molecule has 2 aliphatic carbocycles. The number of oxime groups is 1. The Kier molecular flexibility index (Phi) is 5.95. The Hall–Kier alpha value is -2.13. The number of hydrogen-bond acceptors (Lipinski definition) is 5. The number of rotatable bonds is 7. The first-order chi connectivity index (χ1) is 13.2. The Morgan fingerprint density at radius 3 is 2.79 bits per heavy atom. The van der Waals surface area contributed by atoms with Gasteiger partial charge in [0.25, 0.3) is 0 Å². The molecule has 3 N–H and O–H groups in total. The number of halogens is 3. The fraction of sp³-hybridized carbons (Fsp3) is 0.579. The highest BCUT2D eigenvalue weighted by molar-refractivity contribution is 5.93. The second-order valence-corrected chi connectivity index (χ2v) is 7.41. The molecule has 0 spiro atoms. The molecule has 0 aliphatic heterocycles. The van der Waals surface area contributed by atoms with E-state index in [9.17, 15) is 28.2 Å². The summed E-state index contributed by atoms with van der Waals surface area (Å²) < 4.78 is 38.4. The number of hydrogen-bond donors (Lipinski definition) is 3. The SMILES string of the molecule is O=C(O)CO/N=C1/CC2C1CC(O)C2CCC(O)c1cccc(C(F)(F)F)c1. The number of carbonyl (C=O) groups is 1. The van der Waals surface area contributed by atoms with E-state index >= 15 is 0 Å². The summed E-state index contributed by atoms with van der Waals surface area (Å²) in [5.74, 6) is -1.01. The molecule has 3 rings (SSSR count). The van der Waals surface area contributed by atoms with Crippen LogP contribution in [0.4, 0.5) is 13.2 Å². The van der Waals surface area contributed by atoms with Crippen LogP contribution in [0, 0.1) is 17.8 Å². The van der Waals surface area contributed by atoms with Gasteiger partial charge in [0.15, 0.2) is 0 Å². The quantitative estimate of drug-likeness (QED) is 0.610. The highest BCUT2D eigenvalue weighted by atomic mass is 19.4. The molecule has 0 amide bonds. The Morgan fingerprint density at radius 1 is 1.36 bits per heavy atom. The Labute approximate surface area is 159 Å². The van der Waals surface area contributed by atoms with Crippen molar-refractivity contribution in [1.82, 2.24) is 0 Å². The van der Waals surface area contributed by atoms with E-state index < -0.39 is 36.5 Å². The summed E-state index contributed by atoms with van der Waals surface area (Å²) in [4.78, 5) is 15.2. The van der Waals surface area contributed by atoms with Crippen LogP contribution in [0.15, 0.2) is 29.4 Å². The number of carboxylic acids is 1. The smallest absolute Gasteiger partial charge is 0.416 e. The molecular formula is C19H22F3NO5. The average molecular weight is 401 g/mol. The molecule has 5 unspecified atom stereocenters. The number of aliphatic hydroxyl groups is 2. The van der Waals surface area contributed by atoms with Crippen molar-refractivity contribution in [1.29, 1.82) is 0 Å². The van der Waals surface area contributed by atoms with E-state index in [1.807, 2.05) is 0 Å². The lowest BCUT2D eigenvalue weighted by atomic mass is 9.70.